The lowest BCUT2D eigenvalue weighted by Crippen LogP contribution is -2.46. The van der Waals surface area contributed by atoms with Crippen LogP contribution in [0.15, 0.2) is 29.7 Å². The fourth-order valence-corrected chi connectivity index (χ4v) is 10.3. The summed E-state index contributed by atoms with van der Waals surface area (Å²) in [4.78, 5) is 57.6. The van der Waals surface area contributed by atoms with E-state index in [1.165, 1.54) is 101 Å². The van der Waals surface area contributed by atoms with E-state index in [1.54, 1.807) is 36.8 Å². The summed E-state index contributed by atoms with van der Waals surface area (Å²) in [6.45, 7) is 9.75. The predicted molar refractivity (Wildman–Crippen MR) is 254 cm³/mol. The van der Waals surface area contributed by atoms with E-state index in [1.807, 2.05) is 13.8 Å². The Bertz CT molecular complexity index is 2060. The van der Waals surface area contributed by atoms with Crippen LogP contribution in [0.1, 0.15) is 150 Å². The van der Waals surface area contributed by atoms with Gasteiger partial charge < -0.3 is 44.9 Å². The van der Waals surface area contributed by atoms with Gasteiger partial charge in [-0.15, -0.1) is 0 Å². The van der Waals surface area contributed by atoms with Crippen LogP contribution in [-0.2, 0) is 42.1 Å². The standard InChI is InChI=1S/C46H78N9O11P/c1-8-9-10-11-12-13-14-15-16-17-18-19-20-21-22-24-53(27-34-40(66-67(58,59)65-32(4)5)41(61-7)45(63-34)54-25-23-36(47)52-46(54)57)37(56)26-33-35(28-62-31(2)3)64-44(39(33)60-6)55-30-51-38-42(48)49-29-50-43(38)55/h23,25,29-35,39-41,44-45H,8-22,24,26-28H2,1-7H3,(H,58,59)(H2,47,52,57)(H2,48,49,50)/t33-,34-,35-,39-,40-,41-,44-,45-/m1/s1. The predicted octanol–water partition coefficient (Wildman–Crippen LogP) is 7.11. The lowest BCUT2D eigenvalue weighted by Gasteiger charge is -2.31. The van der Waals surface area contributed by atoms with E-state index >= 15 is 0 Å². The number of carbonyl (C=O) groups excluding carboxylic acids is 1. The SMILES string of the molecule is CCCCCCCCCCCCCCCCCN(C[C@H]1O[C@@H](n2ccc(N)nc2=O)[C@H](OC)[C@@H]1OP(=O)(O)OC(C)C)C(=O)C[C@H]1[C@@H](OC)[C@H](n2cnc3c(N)ncnc32)O[C@@H]1COC(C)C. The molecular formula is C46H78N9O11P. The van der Waals surface area contributed by atoms with E-state index < -0.39 is 68.5 Å². The fourth-order valence-electron chi connectivity index (χ4n) is 9.11. The van der Waals surface area contributed by atoms with E-state index in [4.69, 9.17) is 44.2 Å². The maximum absolute atomic E-state index is 15.0. The number of phosphoric ester groups is 1. The zero-order chi connectivity index (χ0) is 48.5. The minimum Gasteiger partial charge on any atom is -0.383 e. The van der Waals surface area contributed by atoms with Crippen molar-refractivity contribution in [2.75, 3.05) is 45.4 Å². The summed E-state index contributed by atoms with van der Waals surface area (Å²) in [5.41, 5.74) is 12.1. The molecule has 2 saturated heterocycles. The van der Waals surface area contributed by atoms with Gasteiger partial charge in [0.2, 0.25) is 5.91 Å². The number of amides is 1. The van der Waals surface area contributed by atoms with Gasteiger partial charge >= 0.3 is 13.5 Å². The van der Waals surface area contributed by atoms with Crippen LogP contribution in [0.5, 0.6) is 0 Å². The third-order valence-electron chi connectivity index (χ3n) is 12.5. The quantitative estimate of drug-likeness (QED) is 0.0429. The summed E-state index contributed by atoms with van der Waals surface area (Å²) in [5, 5.41) is 0. The van der Waals surface area contributed by atoms with Gasteiger partial charge in [-0.25, -0.2) is 24.3 Å². The van der Waals surface area contributed by atoms with E-state index in [2.05, 4.69) is 26.9 Å². The first-order valence-corrected chi connectivity index (χ1v) is 25.9. The number of nitrogens with zero attached hydrogens (tertiary/aromatic N) is 7. The molecule has 5 N–H and O–H groups in total. The molecule has 5 heterocycles. The minimum atomic E-state index is -4.71. The van der Waals surface area contributed by atoms with Crippen molar-refractivity contribution < 1.29 is 47.0 Å². The van der Waals surface area contributed by atoms with Gasteiger partial charge in [0.1, 0.15) is 42.1 Å². The molecule has 1 unspecified atom stereocenters. The molecule has 0 radical (unpaired) electrons. The third kappa shape index (κ3) is 15.7. The zero-order valence-electron chi connectivity index (χ0n) is 40.8. The van der Waals surface area contributed by atoms with Crippen molar-refractivity contribution in [2.24, 2.45) is 5.92 Å². The summed E-state index contributed by atoms with van der Waals surface area (Å²) in [5.74, 6) is -0.521. The Labute approximate surface area is 395 Å². The van der Waals surface area contributed by atoms with Gasteiger partial charge in [0, 0.05) is 45.8 Å². The molecule has 378 valence electrons. The minimum absolute atomic E-state index is 0.00578. The number of nitrogen functional groups attached to an aromatic ring is 2. The van der Waals surface area contributed by atoms with E-state index in [0.717, 1.165) is 19.3 Å². The number of anilines is 2. The monoisotopic (exact) mass is 964 g/mol. The van der Waals surface area contributed by atoms with Crippen molar-refractivity contribution >= 4 is 36.5 Å². The largest absolute Gasteiger partial charge is 0.472 e. The molecule has 20 nitrogen and oxygen atoms in total. The molecule has 67 heavy (non-hydrogen) atoms. The molecule has 0 bridgehead atoms. The van der Waals surface area contributed by atoms with Crippen molar-refractivity contribution in [3.05, 3.63) is 35.4 Å². The lowest BCUT2D eigenvalue weighted by atomic mass is 9.93. The van der Waals surface area contributed by atoms with Gasteiger partial charge in [0.05, 0.1) is 31.2 Å². The molecule has 0 spiro atoms. The van der Waals surface area contributed by atoms with E-state index in [0.29, 0.717) is 24.1 Å². The highest BCUT2D eigenvalue weighted by molar-refractivity contribution is 7.47. The number of nitrogens with two attached hydrogens (primary N) is 2. The Hall–Kier alpha value is -3.59. The second-order valence-corrected chi connectivity index (χ2v) is 19.7. The molecule has 2 fully saturated rings. The Morgan fingerprint density at radius 2 is 1.42 bits per heavy atom. The molecule has 5 rings (SSSR count). The van der Waals surface area contributed by atoms with Crippen LogP contribution in [0.2, 0.25) is 0 Å². The number of carbonyl (C=O) groups is 1. The molecule has 2 aliphatic heterocycles. The van der Waals surface area contributed by atoms with Crippen LogP contribution in [0.3, 0.4) is 0 Å². The normalized spacial score (nSPS) is 24.0. The molecule has 2 aliphatic rings. The molecule has 3 aromatic rings. The maximum atomic E-state index is 15.0. The van der Waals surface area contributed by atoms with Crippen molar-refractivity contribution in [2.45, 2.75) is 193 Å². The molecule has 3 aromatic heterocycles. The molecule has 0 aliphatic carbocycles. The molecule has 1 amide bonds. The summed E-state index contributed by atoms with van der Waals surface area (Å²) in [6.07, 6.45) is 14.9. The Balaban J connectivity index is 1.35. The second kappa shape index (κ2) is 27.0. The van der Waals surface area contributed by atoms with Gasteiger partial charge in [-0.3, -0.25) is 23.0 Å². The van der Waals surface area contributed by atoms with Crippen LogP contribution in [0, 0.1) is 5.92 Å². The number of hydrogen-bond donors (Lipinski definition) is 3. The maximum Gasteiger partial charge on any atom is 0.472 e. The number of rotatable bonds is 31. The van der Waals surface area contributed by atoms with Crippen LogP contribution in [-0.4, -0.2) is 121 Å². The number of ether oxygens (including phenoxy) is 5. The van der Waals surface area contributed by atoms with Gasteiger partial charge in [-0.1, -0.05) is 96.8 Å². The summed E-state index contributed by atoms with van der Waals surface area (Å²) < 4.78 is 58.7. The van der Waals surface area contributed by atoms with Crippen molar-refractivity contribution in [3.8, 4) is 0 Å². The van der Waals surface area contributed by atoms with Crippen molar-refractivity contribution in [1.29, 1.82) is 0 Å². The summed E-state index contributed by atoms with van der Waals surface area (Å²) >= 11 is 0. The Morgan fingerprint density at radius 3 is 2.00 bits per heavy atom. The number of unbranched alkanes of at least 4 members (excludes halogenated alkanes) is 14. The molecular weight excluding hydrogens is 886 g/mol. The van der Waals surface area contributed by atoms with Gasteiger partial charge in [-0.2, -0.15) is 4.98 Å². The average molecular weight is 964 g/mol. The Morgan fingerprint density at radius 1 is 0.821 bits per heavy atom. The number of imidazole rings is 1. The number of fused-ring (bicyclic) bond motifs is 1. The molecule has 0 saturated carbocycles. The first-order valence-electron chi connectivity index (χ1n) is 24.4. The van der Waals surface area contributed by atoms with Crippen molar-refractivity contribution in [3.63, 3.8) is 0 Å². The van der Waals surface area contributed by atoms with Crippen molar-refractivity contribution in [1.82, 2.24) is 34.0 Å². The molecule has 21 heteroatoms. The molecule has 0 aromatic carbocycles. The molecule has 9 atom stereocenters. The van der Waals surface area contributed by atoms with Crippen LogP contribution >= 0.6 is 7.82 Å². The van der Waals surface area contributed by atoms with Gasteiger partial charge in [-0.05, 0) is 40.2 Å². The van der Waals surface area contributed by atoms with Gasteiger partial charge in [0.15, 0.2) is 23.9 Å². The van der Waals surface area contributed by atoms with E-state index in [-0.39, 0.29) is 43.2 Å². The number of methoxy groups -OCH3 is 2. The summed E-state index contributed by atoms with van der Waals surface area (Å²) in [7, 11) is -1.77. The Kier molecular flexibility index (Phi) is 21.9. The van der Waals surface area contributed by atoms with Gasteiger partial charge in [0.25, 0.3) is 0 Å². The number of hydrogen-bond acceptors (Lipinski definition) is 16. The third-order valence-corrected chi connectivity index (χ3v) is 13.7. The summed E-state index contributed by atoms with van der Waals surface area (Å²) in [6, 6.07) is 1.43. The first-order chi connectivity index (χ1) is 32.2. The van der Waals surface area contributed by atoms with E-state index in [9.17, 15) is 19.0 Å². The topological polar surface area (TPSA) is 253 Å². The average Bonchev–Trinajstić information content (AvgIpc) is 3.96. The smallest absolute Gasteiger partial charge is 0.383 e. The highest BCUT2D eigenvalue weighted by Crippen LogP contribution is 2.50. The zero-order valence-corrected chi connectivity index (χ0v) is 41.7. The first kappa shape index (κ1) is 54.4. The van der Waals surface area contributed by atoms with Crippen LogP contribution in [0.25, 0.3) is 11.2 Å². The lowest BCUT2D eigenvalue weighted by molar-refractivity contribution is -0.137. The van der Waals surface area contributed by atoms with Crippen LogP contribution < -0.4 is 17.2 Å². The highest BCUT2D eigenvalue weighted by atomic mass is 31.2. The number of phosphoric acid groups is 1. The highest BCUT2D eigenvalue weighted by Gasteiger charge is 2.52. The fraction of sp³-hybridized carbons (Fsp3) is 0.783. The second-order valence-electron chi connectivity index (χ2n) is 18.4. The van der Waals surface area contributed by atoms with Crippen LogP contribution in [0.4, 0.5) is 11.6 Å². The number of aromatic nitrogens is 6.